The molecule has 1 atom stereocenters. The number of nitrogens with one attached hydrogen (secondary N) is 2. The number of nitrogens with zero attached hydrogens (tertiary/aromatic N) is 1. The van der Waals surface area contributed by atoms with Gasteiger partial charge in [-0.15, -0.1) is 0 Å². The molecule has 3 aromatic carbocycles. The summed E-state index contributed by atoms with van der Waals surface area (Å²) in [6.45, 7) is 7.02. The van der Waals surface area contributed by atoms with Crippen molar-refractivity contribution in [1.29, 1.82) is 0 Å². The molecule has 0 saturated carbocycles. The number of anilines is 2. The first-order chi connectivity index (χ1) is 25.3. The van der Waals surface area contributed by atoms with E-state index >= 15 is 0 Å². The molecule has 0 aliphatic carbocycles. The normalized spacial score (nSPS) is 11.5. The van der Waals surface area contributed by atoms with Crippen LogP contribution in [0.5, 0.6) is 11.5 Å². The third-order valence-corrected chi connectivity index (χ3v) is 7.06. The van der Waals surface area contributed by atoms with Gasteiger partial charge in [-0.3, -0.25) is 14.6 Å². The second-order valence-corrected chi connectivity index (χ2v) is 10.7. The average molecular weight is 770 g/mol. The van der Waals surface area contributed by atoms with Crippen molar-refractivity contribution in [2.24, 2.45) is 11.5 Å². The van der Waals surface area contributed by atoms with E-state index in [1.54, 1.807) is 6.07 Å². The number of fused-ring (bicyclic) bond motifs is 1. The Morgan fingerprint density at radius 3 is 1.85 bits per heavy atom. The van der Waals surface area contributed by atoms with Gasteiger partial charge in [-0.05, 0) is 49.1 Å². The minimum atomic E-state index is -5.08. The number of amides is 2. The standard InChI is InChI=1S/C31H35N5O4.2C2HF3O2/c1-4-21-20(17-35-31(38)28(32)19-11-8-7-9-12-19)13-10-14-24(21)36-29-22-15-26(39-5-2)27(40-6-3)16-25(22)34-18-23(29)30(33)37;2*3-2(4,5)1(6)7/h7-16,18,28H,4-6,17,32H2,1-3H3,(H2,33,37)(H,34,36)(H,35,38);2*(H,6,7)/t28-;;/m1../s1. The molecule has 292 valence electrons. The van der Waals surface area contributed by atoms with E-state index in [1.807, 2.05) is 75.4 Å². The third-order valence-electron chi connectivity index (χ3n) is 7.06. The van der Waals surface area contributed by atoms with Gasteiger partial charge in [0.25, 0.3) is 5.91 Å². The monoisotopic (exact) mass is 769 g/mol. The third kappa shape index (κ3) is 12.5. The number of carbonyl (C=O) groups is 4. The van der Waals surface area contributed by atoms with Crippen molar-refractivity contribution in [3.8, 4) is 11.5 Å². The Kier molecular flexibility index (Phi) is 16.0. The summed E-state index contributed by atoms with van der Waals surface area (Å²) in [7, 11) is 0. The molecule has 0 aliphatic rings. The number of primary amides is 1. The lowest BCUT2D eigenvalue weighted by Crippen LogP contribution is -2.33. The van der Waals surface area contributed by atoms with Crippen LogP contribution in [0.25, 0.3) is 10.9 Å². The van der Waals surface area contributed by atoms with Crippen LogP contribution in [0.15, 0.2) is 66.9 Å². The molecule has 4 rings (SSSR count). The summed E-state index contributed by atoms with van der Waals surface area (Å²) in [5.41, 5.74) is 16.7. The Hall–Kier alpha value is -6.11. The van der Waals surface area contributed by atoms with Gasteiger partial charge in [0.05, 0.1) is 30.0 Å². The molecule has 19 heteroatoms. The topological polar surface area (TPSA) is 216 Å². The zero-order valence-electron chi connectivity index (χ0n) is 29.0. The minimum absolute atomic E-state index is 0.244. The van der Waals surface area contributed by atoms with Crippen LogP contribution in [-0.4, -0.2) is 64.5 Å². The maximum Gasteiger partial charge on any atom is 0.490 e. The maximum atomic E-state index is 12.8. The first kappa shape index (κ1) is 44.1. The van der Waals surface area contributed by atoms with Crippen molar-refractivity contribution in [3.05, 3.63) is 89.1 Å². The van der Waals surface area contributed by atoms with Crippen molar-refractivity contribution in [2.45, 2.75) is 52.1 Å². The van der Waals surface area contributed by atoms with Crippen LogP contribution in [0.2, 0.25) is 0 Å². The molecule has 0 spiro atoms. The van der Waals surface area contributed by atoms with E-state index in [1.165, 1.54) is 6.20 Å². The zero-order valence-corrected chi connectivity index (χ0v) is 29.0. The highest BCUT2D eigenvalue weighted by Crippen LogP contribution is 2.38. The van der Waals surface area contributed by atoms with Gasteiger partial charge < -0.3 is 41.8 Å². The molecule has 0 saturated heterocycles. The molecule has 0 aliphatic heterocycles. The van der Waals surface area contributed by atoms with Crippen LogP contribution >= 0.6 is 0 Å². The Bertz CT molecular complexity index is 1900. The summed E-state index contributed by atoms with van der Waals surface area (Å²) in [6.07, 6.45) is -8.03. The number of hydrogen-bond donors (Lipinski definition) is 6. The molecular weight excluding hydrogens is 732 g/mol. The van der Waals surface area contributed by atoms with Crippen LogP contribution in [-0.2, 0) is 27.3 Å². The van der Waals surface area contributed by atoms with Crippen LogP contribution < -0.4 is 31.6 Å². The molecule has 0 bridgehead atoms. The molecule has 1 heterocycles. The molecule has 1 aromatic heterocycles. The van der Waals surface area contributed by atoms with E-state index in [0.717, 1.165) is 22.4 Å². The number of pyridine rings is 1. The Labute approximate surface area is 304 Å². The Balaban J connectivity index is 0.000000610. The summed E-state index contributed by atoms with van der Waals surface area (Å²) >= 11 is 0. The second-order valence-electron chi connectivity index (χ2n) is 10.7. The number of benzene rings is 3. The minimum Gasteiger partial charge on any atom is -0.490 e. The SMILES string of the molecule is CCOc1cc2ncc(C(N)=O)c(Nc3cccc(CNC(=O)[C@H](N)c4ccccc4)c3CC)c2cc1OCC.O=C(O)C(F)(F)F.O=C(O)C(F)(F)F. The predicted octanol–water partition coefficient (Wildman–Crippen LogP) is 6.02. The van der Waals surface area contributed by atoms with Gasteiger partial charge in [-0.1, -0.05) is 49.4 Å². The van der Waals surface area contributed by atoms with Crippen molar-refractivity contribution in [2.75, 3.05) is 18.5 Å². The number of carboxylic acid groups (broad SMARTS) is 2. The van der Waals surface area contributed by atoms with Crippen LogP contribution in [0, 0.1) is 0 Å². The number of halogens is 6. The van der Waals surface area contributed by atoms with Gasteiger partial charge >= 0.3 is 24.3 Å². The summed E-state index contributed by atoms with van der Waals surface area (Å²) in [6, 6.07) is 17.9. The highest BCUT2D eigenvalue weighted by atomic mass is 19.4. The van der Waals surface area contributed by atoms with Crippen molar-refractivity contribution in [3.63, 3.8) is 0 Å². The summed E-state index contributed by atoms with van der Waals surface area (Å²) in [5, 5.41) is 21.3. The summed E-state index contributed by atoms with van der Waals surface area (Å²) < 4.78 is 75.1. The van der Waals surface area contributed by atoms with Crippen molar-refractivity contribution in [1.82, 2.24) is 10.3 Å². The number of carbonyl (C=O) groups excluding carboxylic acids is 2. The lowest BCUT2D eigenvalue weighted by molar-refractivity contribution is -0.193. The molecular formula is C35H37F6N5O8. The molecule has 13 nitrogen and oxygen atoms in total. The average Bonchev–Trinajstić information content (AvgIpc) is 3.11. The molecule has 54 heavy (non-hydrogen) atoms. The Morgan fingerprint density at radius 2 is 1.37 bits per heavy atom. The molecule has 0 unspecified atom stereocenters. The van der Waals surface area contributed by atoms with E-state index in [0.29, 0.717) is 54.3 Å². The van der Waals surface area contributed by atoms with Gasteiger partial charge in [-0.25, -0.2) is 9.59 Å². The first-order valence-corrected chi connectivity index (χ1v) is 15.8. The highest BCUT2D eigenvalue weighted by Gasteiger charge is 2.39. The number of hydrogen-bond acceptors (Lipinski definition) is 9. The van der Waals surface area contributed by atoms with Gasteiger partial charge in [0, 0.05) is 29.9 Å². The van der Waals surface area contributed by atoms with Crippen LogP contribution in [0.4, 0.5) is 37.7 Å². The Morgan fingerprint density at radius 1 is 0.833 bits per heavy atom. The number of ether oxygens (including phenoxy) is 2. The second kappa shape index (κ2) is 19.6. The smallest absolute Gasteiger partial charge is 0.490 e. The first-order valence-electron chi connectivity index (χ1n) is 15.8. The van der Waals surface area contributed by atoms with Crippen LogP contribution in [0.1, 0.15) is 53.9 Å². The lowest BCUT2D eigenvalue weighted by atomic mass is 10.0. The fraction of sp³-hybridized carbons (Fsp3) is 0.286. The fourth-order valence-electron chi connectivity index (χ4n) is 4.63. The molecule has 4 aromatic rings. The largest absolute Gasteiger partial charge is 0.490 e. The van der Waals surface area contributed by atoms with E-state index < -0.39 is 36.2 Å². The molecule has 2 amide bonds. The fourth-order valence-corrected chi connectivity index (χ4v) is 4.63. The number of alkyl halides is 6. The van der Waals surface area contributed by atoms with E-state index in [4.69, 9.17) is 40.7 Å². The van der Waals surface area contributed by atoms with Crippen molar-refractivity contribution < 1.29 is 65.2 Å². The number of nitrogens with two attached hydrogens (primary N) is 2. The predicted molar refractivity (Wildman–Crippen MR) is 184 cm³/mol. The molecule has 0 radical (unpaired) electrons. The van der Waals surface area contributed by atoms with E-state index in [-0.39, 0.29) is 11.5 Å². The maximum absolute atomic E-state index is 12.8. The van der Waals surface area contributed by atoms with Gasteiger partial charge in [-0.2, -0.15) is 26.3 Å². The quantitative estimate of drug-likeness (QED) is 0.0916. The molecule has 8 N–H and O–H groups in total. The number of rotatable bonds is 12. The van der Waals surface area contributed by atoms with Gasteiger partial charge in [0.2, 0.25) is 5.91 Å². The highest BCUT2D eigenvalue weighted by molar-refractivity contribution is 6.08. The summed E-state index contributed by atoms with van der Waals surface area (Å²) in [4.78, 5) is 47.5. The molecule has 0 fully saturated rings. The van der Waals surface area contributed by atoms with Crippen molar-refractivity contribution >= 4 is 46.0 Å². The van der Waals surface area contributed by atoms with Gasteiger partial charge in [0.1, 0.15) is 6.04 Å². The number of aliphatic carboxylic acids is 2. The van der Waals surface area contributed by atoms with Gasteiger partial charge in [0.15, 0.2) is 11.5 Å². The zero-order chi connectivity index (χ0) is 40.8. The number of carboxylic acids is 2. The van der Waals surface area contributed by atoms with E-state index in [9.17, 15) is 35.9 Å². The van der Waals surface area contributed by atoms with Crippen LogP contribution in [0.3, 0.4) is 0 Å². The summed E-state index contributed by atoms with van der Waals surface area (Å²) in [5.74, 6) is -5.27. The number of aromatic nitrogens is 1. The van der Waals surface area contributed by atoms with E-state index in [2.05, 4.69) is 15.6 Å². The lowest BCUT2D eigenvalue weighted by Gasteiger charge is -2.20.